The average Bonchev–Trinajstić information content (AvgIpc) is 2.30. The molecule has 1 heterocycles. The van der Waals surface area contributed by atoms with Crippen molar-refractivity contribution in [3.05, 3.63) is 48.0 Å². The molecule has 0 saturated heterocycles. The second kappa shape index (κ2) is 4.60. The van der Waals surface area contributed by atoms with Crippen molar-refractivity contribution < 1.29 is 4.84 Å². The zero-order valence-electron chi connectivity index (χ0n) is 9.26. The Morgan fingerprint density at radius 1 is 1.27 bits per heavy atom. The molecule has 2 rings (SSSR count). The lowest BCUT2D eigenvalue weighted by Crippen LogP contribution is -2.34. The van der Waals surface area contributed by atoms with Gasteiger partial charge in [0.25, 0.3) is 0 Å². The Labute approximate surface area is 91.1 Å². The van der Waals surface area contributed by atoms with Crippen LogP contribution in [0.3, 0.4) is 0 Å². The van der Waals surface area contributed by atoms with Crippen molar-refractivity contribution in [3.8, 4) is 0 Å². The smallest absolute Gasteiger partial charge is 0.123 e. The van der Waals surface area contributed by atoms with Gasteiger partial charge < -0.3 is 0 Å². The second-order valence-corrected chi connectivity index (χ2v) is 4.06. The molecule has 1 aromatic carbocycles. The third-order valence-corrected chi connectivity index (χ3v) is 2.55. The van der Waals surface area contributed by atoms with Crippen LogP contribution in [0.2, 0.25) is 0 Å². The van der Waals surface area contributed by atoms with E-state index in [1.54, 1.807) is 0 Å². The van der Waals surface area contributed by atoms with Gasteiger partial charge >= 0.3 is 0 Å². The van der Waals surface area contributed by atoms with Gasteiger partial charge in [-0.1, -0.05) is 42.5 Å². The number of hydrogen-bond donors (Lipinski definition) is 0. The number of benzene rings is 1. The fraction of sp³-hybridized carbons (Fsp3) is 0.385. The summed E-state index contributed by atoms with van der Waals surface area (Å²) in [6.45, 7) is 5.16. The predicted molar refractivity (Wildman–Crippen MR) is 61.3 cm³/mol. The molecule has 1 aliphatic heterocycles. The maximum absolute atomic E-state index is 5.88. The number of rotatable bonds is 2. The van der Waals surface area contributed by atoms with Crippen molar-refractivity contribution in [1.29, 1.82) is 0 Å². The van der Waals surface area contributed by atoms with Crippen LogP contribution in [0.25, 0.3) is 0 Å². The Morgan fingerprint density at radius 3 is 2.67 bits per heavy atom. The molecule has 0 saturated carbocycles. The first kappa shape index (κ1) is 10.4. The van der Waals surface area contributed by atoms with Gasteiger partial charge in [-0.2, -0.15) is 5.06 Å². The summed E-state index contributed by atoms with van der Waals surface area (Å²) in [5.74, 6) is 0. The van der Waals surface area contributed by atoms with Crippen molar-refractivity contribution in [2.24, 2.45) is 0 Å². The molecule has 0 radical (unpaired) electrons. The van der Waals surface area contributed by atoms with E-state index in [0.717, 1.165) is 6.54 Å². The molecule has 2 nitrogen and oxygen atoms in total. The summed E-state index contributed by atoms with van der Waals surface area (Å²) in [5, 5.41) is 2.01. The van der Waals surface area contributed by atoms with Gasteiger partial charge in [0.1, 0.15) is 6.10 Å². The first-order valence-electron chi connectivity index (χ1n) is 5.42. The quantitative estimate of drug-likeness (QED) is 0.685. The molecule has 1 unspecified atom stereocenters. The van der Waals surface area contributed by atoms with Crippen LogP contribution in [0.5, 0.6) is 0 Å². The molecule has 0 bridgehead atoms. The molecule has 80 valence electrons. The minimum Gasteiger partial charge on any atom is -0.286 e. The molecule has 15 heavy (non-hydrogen) atoms. The number of nitrogens with zero attached hydrogens (tertiary/aromatic N) is 1. The van der Waals surface area contributed by atoms with Gasteiger partial charge in [0.05, 0.1) is 0 Å². The summed E-state index contributed by atoms with van der Waals surface area (Å²) < 4.78 is 0. The zero-order valence-corrected chi connectivity index (χ0v) is 9.26. The van der Waals surface area contributed by atoms with Gasteiger partial charge in [-0.3, -0.25) is 4.84 Å². The van der Waals surface area contributed by atoms with Crippen LogP contribution < -0.4 is 0 Å². The van der Waals surface area contributed by atoms with Crippen LogP contribution in [0.4, 0.5) is 0 Å². The minimum absolute atomic E-state index is 0.0716. The molecule has 0 fully saturated rings. The van der Waals surface area contributed by atoms with Crippen molar-refractivity contribution in [3.63, 3.8) is 0 Å². The Hall–Kier alpha value is -1.12. The molecule has 0 N–H and O–H groups in total. The third-order valence-electron chi connectivity index (χ3n) is 2.55. The lowest BCUT2D eigenvalue weighted by atomic mass is 10.1. The fourth-order valence-corrected chi connectivity index (χ4v) is 1.66. The first-order chi connectivity index (χ1) is 7.27. The average molecular weight is 203 g/mol. The fourth-order valence-electron chi connectivity index (χ4n) is 1.66. The normalized spacial score (nSPS) is 22.2. The highest BCUT2D eigenvalue weighted by Crippen LogP contribution is 2.24. The highest BCUT2D eigenvalue weighted by molar-refractivity contribution is 5.22. The molecule has 1 aliphatic rings. The Balaban J connectivity index is 2.12. The summed E-state index contributed by atoms with van der Waals surface area (Å²) in [6, 6.07) is 10.7. The van der Waals surface area contributed by atoms with Crippen LogP contribution in [0, 0.1) is 0 Å². The van der Waals surface area contributed by atoms with Crippen molar-refractivity contribution in [2.75, 3.05) is 6.54 Å². The maximum atomic E-state index is 5.88. The van der Waals surface area contributed by atoms with E-state index in [9.17, 15) is 0 Å². The van der Waals surface area contributed by atoms with Crippen LogP contribution in [-0.4, -0.2) is 17.6 Å². The van der Waals surface area contributed by atoms with Crippen molar-refractivity contribution in [2.45, 2.75) is 26.0 Å². The lowest BCUT2D eigenvalue weighted by molar-refractivity contribution is -0.205. The topological polar surface area (TPSA) is 12.5 Å². The Bertz CT molecular complexity index is 332. The standard InChI is InChI=1S/C13H17NO/c1-11(2)14-10-6-9-13(15-14)12-7-4-3-5-8-12/h3-9,11,13H,10H2,1-2H3. The van der Waals surface area contributed by atoms with E-state index in [4.69, 9.17) is 4.84 Å². The van der Waals surface area contributed by atoms with Crippen molar-refractivity contribution >= 4 is 0 Å². The molecule has 1 aromatic rings. The van der Waals surface area contributed by atoms with E-state index in [1.165, 1.54) is 5.56 Å². The molecule has 0 aromatic heterocycles. The van der Waals surface area contributed by atoms with E-state index in [0.29, 0.717) is 6.04 Å². The SMILES string of the molecule is CC(C)N1CC=CC(c2ccccc2)O1. The van der Waals surface area contributed by atoms with Gasteiger partial charge in [0.2, 0.25) is 0 Å². The highest BCUT2D eigenvalue weighted by atomic mass is 16.7. The van der Waals surface area contributed by atoms with Crippen LogP contribution in [0.1, 0.15) is 25.5 Å². The Kier molecular flexibility index (Phi) is 3.19. The molecule has 0 aliphatic carbocycles. The molecular weight excluding hydrogens is 186 g/mol. The van der Waals surface area contributed by atoms with E-state index >= 15 is 0 Å². The summed E-state index contributed by atoms with van der Waals surface area (Å²) in [6.07, 6.45) is 4.36. The summed E-state index contributed by atoms with van der Waals surface area (Å²) in [5.41, 5.74) is 1.21. The largest absolute Gasteiger partial charge is 0.286 e. The second-order valence-electron chi connectivity index (χ2n) is 4.06. The Morgan fingerprint density at radius 2 is 2.00 bits per heavy atom. The van der Waals surface area contributed by atoms with Crippen LogP contribution in [-0.2, 0) is 4.84 Å². The van der Waals surface area contributed by atoms with E-state index in [-0.39, 0.29) is 6.10 Å². The zero-order chi connectivity index (χ0) is 10.7. The van der Waals surface area contributed by atoms with E-state index in [2.05, 4.69) is 38.1 Å². The highest BCUT2D eigenvalue weighted by Gasteiger charge is 2.19. The van der Waals surface area contributed by atoms with Gasteiger partial charge in [0.15, 0.2) is 0 Å². The van der Waals surface area contributed by atoms with Gasteiger partial charge in [0, 0.05) is 12.6 Å². The molecule has 0 spiro atoms. The van der Waals surface area contributed by atoms with Crippen LogP contribution >= 0.6 is 0 Å². The predicted octanol–water partition coefficient (Wildman–Crippen LogP) is 2.94. The first-order valence-corrected chi connectivity index (χ1v) is 5.42. The minimum atomic E-state index is 0.0716. The molecule has 1 atom stereocenters. The van der Waals surface area contributed by atoms with Crippen LogP contribution in [0.15, 0.2) is 42.5 Å². The lowest BCUT2D eigenvalue weighted by Gasteiger charge is -2.31. The number of hydroxylamine groups is 2. The molecular formula is C13H17NO. The monoisotopic (exact) mass is 203 g/mol. The van der Waals surface area contributed by atoms with Crippen molar-refractivity contribution in [1.82, 2.24) is 5.06 Å². The van der Waals surface area contributed by atoms with E-state index < -0.39 is 0 Å². The molecule has 2 heteroatoms. The van der Waals surface area contributed by atoms with E-state index in [1.807, 2.05) is 23.3 Å². The van der Waals surface area contributed by atoms with Gasteiger partial charge in [-0.05, 0) is 19.4 Å². The third kappa shape index (κ3) is 2.46. The van der Waals surface area contributed by atoms with Gasteiger partial charge in [-0.15, -0.1) is 0 Å². The molecule has 0 amide bonds. The summed E-state index contributed by atoms with van der Waals surface area (Å²) in [4.78, 5) is 5.88. The number of hydrogen-bond acceptors (Lipinski definition) is 2. The summed E-state index contributed by atoms with van der Waals surface area (Å²) >= 11 is 0. The van der Waals surface area contributed by atoms with Gasteiger partial charge in [-0.25, -0.2) is 0 Å². The maximum Gasteiger partial charge on any atom is 0.123 e. The summed E-state index contributed by atoms with van der Waals surface area (Å²) in [7, 11) is 0.